The molecule has 2 atom stereocenters. The maximum Gasteiger partial charge on any atom is 0.306 e. The van der Waals surface area contributed by atoms with Gasteiger partial charge in [-0.15, -0.1) is 0 Å². The third-order valence-electron chi connectivity index (χ3n) is 7.13. The van der Waals surface area contributed by atoms with Crippen LogP contribution in [-0.2, 0) is 32.7 Å². The van der Waals surface area contributed by atoms with Crippen molar-refractivity contribution >= 4 is 19.8 Å². The maximum atomic E-state index is 12.5. The second-order valence-corrected chi connectivity index (χ2v) is 14.0. The SMILES string of the molecule is CCCCCCCCCCCCCCC(=O)O[C@H](COC(=O)CCCCCCCC)COP(=O)([O-])OCC[N+](C)(C)C. The van der Waals surface area contributed by atoms with Crippen LogP contribution in [0.5, 0.6) is 0 Å². The fourth-order valence-corrected chi connectivity index (χ4v) is 5.15. The first-order chi connectivity index (χ1) is 20.0. The van der Waals surface area contributed by atoms with Crippen LogP contribution in [0.2, 0.25) is 0 Å². The van der Waals surface area contributed by atoms with Gasteiger partial charge in [0.15, 0.2) is 6.10 Å². The second-order valence-electron chi connectivity index (χ2n) is 12.5. The van der Waals surface area contributed by atoms with Crippen LogP contribution in [0.3, 0.4) is 0 Å². The molecule has 0 fully saturated rings. The van der Waals surface area contributed by atoms with E-state index in [1.807, 2.05) is 21.1 Å². The Balaban J connectivity index is 4.45. The number of carbonyl (C=O) groups is 2. The molecule has 0 amide bonds. The van der Waals surface area contributed by atoms with Crippen molar-refractivity contribution < 1.29 is 42.1 Å². The van der Waals surface area contributed by atoms with Gasteiger partial charge in [0.05, 0.1) is 27.7 Å². The summed E-state index contributed by atoms with van der Waals surface area (Å²) in [5.74, 6) is -0.841. The molecule has 9 nitrogen and oxygen atoms in total. The summed E-state index contributed by atoms with van der Waals surface area (Å²) in [5, 5.41) is 0. The number of rotatable bonds is 30. The lowest BCUT2D eigenvalue weighted by Gasteiger charge is -2.28. The normalized spacial score (nSPS) is 14.0. The number of nitrogens with zero attached hydrogens (tertiary/aromatic N) is 1. The fraction of sp³-hybridized carbons (Fsp3) is 0.938. The largest absolute Gasteiger partial charge is 0.756 e. The Bertz CT molecular complexity index is 713. The van der Waals surface area contributed by atoms with Crippen LogP contribution in [-0.4, -0.2) is 70.0 Å². The molecule has 0 aromatic heterocycles. The highest BCUT2D eigenvalue weighted by Gasteiger charge is 2.21. The predicted molar refractivity (Wildman–Crippen MR) is 167 cm³/mol. The number of carbonyl (C=O) groups excluding carboxylic acids is 2. The molecule has 0 rings (SSSR count). The van der Waals surface area contributed by atoms with E-state index in [4.69, 9.17) is 18.5 Å². The highest BCUT2D eigenvalue weighted by Crippen LogP contribution is 2.38. The van der Waals surface area contributed by atoms with Gasteiger partial charge in [-0.05, 0) is 12.8 Å². The van der Waals surface area contributed by atoms with Gasteiger partial charge in [-0.1, -0.05) is 117 Å². The molecule has 0 aromatic carbocycles. The lowest BCUT2D eigenvalue weighted by molar-refractivity contribution is -0.870. The van der Waals surface area contributed by atoms with Crippen LogP contribution in [0, 0.1) is 0 Å². The molecule has 0 N–H and O–H groups in total. The van der Waals surface area contributed by atoms with Crippen molar-refractivity contribution in [2.75, 3.05) is 47.5 Å². The molecule has 0 aliphatic carbocycles. The van der Waals surface area contributed by atoms with Crippen molar-refractivity contribution in [1.82, 2.24) is 0 Å². The van der Waals surface area contributed by atoms with Crippen molar-refractivity contribution in [3.8, 4) is 0 Å². The van der Waals surface area contributed by atoms with E-state index < -0.39 is 32.5 Å². The average Bonchev–Trinajstić information content (AvgIpc) is 2.92. The minimum Gasteiger partial charge on any atom is -0.756 e. The molecule has 0 saturated carbocycles. The van der Waals surface area contributed by atoms with E-state index in [0.717, 1.165) is 38.5 Å². The zero-order valence-corrected chi connectivity index (χ0v) is 28.6. The van der Waals surface area contributed by atoms with Gasteiger partial charge in [0, 0.05) is 12.8 Å². The fourth-order valence-electron chi connectivity index (χ4n) is 4.42. The highest BCUT2D eigenvalue weighted by molar-refractivity contribution is 7.45. The van der Waals surface area contributed by atoms with E-state index in [1.54, 1.807) is 0 Å². The molecule has 10 heteroatoms. The average molecular weight is 622 g/mol. The van der Waals surface area contributed by atoms with Crippen LogP contribution >= 0.6 is 7.82 Å². The highest BCUT2D eigenvalue weighted by atomic mass is 31.2. The van der Waals surface area contributed by atoms with Crippen LogP contribution in [0.25, 0.3) is 0 Å². The molecule has 0 bridgehead atoms. The van der Waals surface area contributed by atoms with Gasteiger partial charge in [-0.3, -0.25) is 14.2 Å². The smallest absolute Gasteiger partial charge is 0.306 e. The minimum atomic E-state index is -4.60. The van der Waals surface area contributed by atoms with E-state index in [9.17, 15) is 19.0 Å². The van der Waals surface area contributed by atoms with Crippen molar-refractivity contribution in [2.24, 2.45) is 0 Å². The van der Waals surface area contributed by atoms with Crippen LogP contribution in [0.15, 0.2) is 0 Å². The molecule has 0 aliphatic heterocycles. The first kappa shape index (κ1) is 41.0. The summed E-state index contributed by atoms with van der Waals surface area (Å²) in [7, 11) is 1.17. The second kappa shape index (κ2) is 26.4. The molecule has 0 radical (unpaired) electrons. The summed E-state index contributed by atoms with van der Waals surface area (Å²) in [6.45, 7) is 4.13. The summed E-state index contributed by atoms with van der Waals surface area (Å²) in [6, 6.07) is 0. The van der Waals surface area contributed by atoms with Gasteiger partial charge >= 0.3 is 11.9 Å². The molecule has 0 aromatic rings. The standard InChI is InChI=1S/C32H64NO8P/c1-6-8-10-12-14-15-16-17-18-19-21-23-25-32(35)41-30(28-38-31(34)24-22-20-13-11-9-7-2)29-40-42(36,37)39-27-26-33(3,4)5/h30H,6-29H2,1-5H3/t30-/m1/s1. The molecule has 0 heterocycles. The third kappa shape index (κ3) is 29.1. The summed E-state index contributed by atoms with van der Waals surface area (Å²) in [5.41, 5.74) is 0. The maximum absolute atomic E-state index is 12.5. The Hall–Kier alpha value is -0.990. The van der Waals surface area contributed by atoms with E-state index in [1.165, 1.54) is 70.6 Å². The number of ether oxygens (including phenoxy) is 2. The Labute approximate surface area is 257 Å². The molecule has 42 heavy (non-hydrogen) atoms. The van der Waals surface area contributed by atoms with Crippen molar-refractivity contribution in [1.29, 1.82) is 0 Å². The lowest BCUT2D eigenvalue weighted by atomic mass is 10.0. The van der Waals surface area contributed by atoms with Gasteiger partial charge in [-0.25, -0.2) is 0 Å². The molecule has 0 aliphatic rings. The summed E-state index contributed by atoms with van der Waals surface area (Å²) in [4.78, 5) is 36.9. The third-order valence-corrected chi connectivity index (χ3v) is 8.09. The number of likely N-dealkylation sites (N-methyl/N-ethyl adjacent to an activating group) is 1. The van der Waals surface area contributed by atoms with Crippen molar-refractivity contribution in [3.05, 3.63) is 0 Å². The van der Waals surface area contributed by atoms with E-state index in [2.05, 4.69) is 13.8 Å². The summed E-state index contributed by atoms with van der Waals surface area (Å²) in [6.07, 6.45) is 20.1. The summed E-state index contributed by atoms with van der Waals surface area (Å²) >= 11 is 0. The molecule has 0 saturated heterocycles. The number of quaternary nitrogens is 1. The van der Waals surface area contributed by atoms with Crippen molar-refractivity contribution in [3.63, 3.8) is 0 Å². The first-order valence-corrected chi connectivity index (χ1v) is 18.2. The van der Waals surface area contributed by atoms with E-state index in [-0.39, 0.29) is 26.1 Å². The number of hydrogen-bond acceptors (Lipinski definition) is 8. The Morgan fingerprint density at radius 3 is 1.52 bits per heavy atom. The van der Waals surface area contributed by atoms with Crippen LogP contribution in [0.4, 0.5) is 0 Å². The zero-order valence-electron chi connectivity index (χ0n) is 27.7. The Kier molecular flexibility index (Phi) is 25.8. The monoisotopic (exact) mass is 621 g/mol. The molecule has 1 unspecified atom stereocenters. The van der Waals surface area contributed by atoms with Gasteiger partial charge in [-0.2, -0.15) is 0 Å². The van der Waals surface area contributed by atoms with Crippen LogP contribution in [0.1, 0.15) is 142 Å². The topological polar surface area (TPSA) is 111 Å². The summed E-state index contributed by atoms with van der Waals surface area (Å²) < 4.78 is 33.5. The molecular formula is C32H64NO8P. The van der Waals surface area contributed by atoms with Gasteiger partial charge in [0.25, 0.3) is 7.82 Å². The number of unbranched alkanes of at least 4 members (excludes halogenated alkanes) is 16. The number of phosphoric ester groups is 1. The van der Waals surface area contributed by atoms with E-state index >= 15 is 0 Å². The quantitative estimate of drug-likeness (QED) is 0.0351. The lowest BCUT2D eigenvalue weighted by Crippen LogP contribution is -2.37. The number of phosphoric acid groups is 1. The molecule has 250 valence electrons. The molecular weight excluding hydrogens is 557 g/mol. The minimum absolute atomic E-state index is 0.0269. The van der Waals surface area contributed by atoms with Crippen LogP contribution < -0.4 is 4.89 Å². The Morgan fingerprint density at radius 1 is 0.643 bits per heavy atom. The van der Waals surface area contributed by atoms with E-state index in [0.29, 0.717) is 17.4 Å². The first-order valence-electron chi connectivity index (χ1n) is 16.7. The number of hydrogen-bond donors (Lipinski definition) is 0. The Morgan fingerprint density at radius 2 is 1.07 bits per heavy atom. The van der Waals surface area contributed by atoms with Gasteiger partial charge in [0.2, 0.25) is 0 Å². The molecule has 0 spiro atoms. The number of esters is 2. The van der Waals surface area contributed by atoms with Gasteiger partial charge in [0.1, 0.15) is 19.8 Å². The van der Waals surface area contributed by atoms with Gasteiger partial charge < -0.3 is 27.9 Å². The zero-order chi connectivity index (χ0) is 31.5. The van der Waals surface area contributed by atoms with Crippen molar-refractivity contribution in [2.45, 2.75) is 148 Å². The predicted octanol–water partition coefficient (Wildman–Crippen LogP) is 7.49.